The van der Waals surface area contributed by atoms with E-state index in [1.54, 1.807) is 43.3 Å². The van der Waals surface area contributed by atoms with Gasteiger partial charge in [0.15, 0.2) is 0 Å². The van der Waals surface area contributed by atoms with E-state index in [2.05, 4.69) is 4.98 Å². The van der Waals surface area contributed by atoms with Crippen molar-refractivity contribution in [3.05, 3.63) is 81.8 Å². The summed E-state index contributed by atoms with van der Waals surface area (Å²) < 4.78 is 39.6. The van der Waals surface area contributed by atoms with Crippen molar-refractivity contribution >= 4 is 0 Å². The zero-order chi connectivity index (χ0) is 18.9. The van der Waals surface area contributed by atoms with Crippen LogP contribution in [0.1, 0.15) is 16.8 Å². The molecule has 0 amide bonds. The third-order valence-corrected chi connectivity index (χ3v) is 4.02. The molecule has 26 heavy (non-hydrogen) atoms. The Morgan fingerprint density at radius 1 is 0.962 bits per heavy atom. The van der Waals surface area contributed by atoms with Crippen LogP contribution in [0.5, 0.6) is 0 Å². The van der Waals surface area contributed by atoms with Crippen LogP contribution in [0.4, 0.5) is 13.2 Å². The molecule has 6 heteroatoms. The van der Waals surface area contributed by atoms with Gasteiger partial charge in [-0.25, -0.2) is 0 Å². The highest BCUT2D eigenvalue weighted by Gasteiger charge is 2.33. The zero-order valence-corrected chi connectivity index (χ0v) is 13.7. The Labute approximate surface area is 147 Å². The number of rotatable bonds is 2. The van der Waals surface area contributed by atoms with E-state index in [1.165, 1.54) is 12.1 Å². The summed E-state index contributed by atoms with van der Waals surface area (Å²) in [5.74, 6) is 0. The Bertz CT molecular complexity index is 1060. The minimum absolute atomic E-state index is 0.0287. The van der Waals surface area contributed by atoms with Gasteiger partial charge in [-0.05, 0) is 35.7 Å². The molecule has 0 radical (unpaired) electrons. The summed E-state index contributed by atoms with van der Waals surface area (Å²) >= 11 is 0. The van der Waals surface area contributed by atoms with Crippen molar-refractivity contribution in [3.63, 3.8) is 0 Å². The number of aromatic nitrogens is 1. The SMILES string of the molecule is Cc1cc(-c2ccc(-c3ccccc3C(F)(F)F)cc2)c(C#N)c(=O)[nH]1. The van der Waals surface area contributed by atoms with Crippen LogP contribution < -0.4 is 5.56 Å². The van der Waals surface area contributed by atoms with Crippen LogP contribution >= 0.6 is 0 Å². The van der Waals surface area contributed by atoms with Gasteiger partial charge in [0.25, 0.3) is 5.56 Å². The fourth-order valence-corrected chi connectivity index (χ4v) is 2.84. The Kier molecular flexibility index (Phi) is 4.39. The normalized spacial score (nSPS) is 11.2. The van der Waals surface area contributed by atoms with Gasteiger partial charge >= 0.3 is 6.18 Å². The summed E-state index contributed by atoms with van der Waals surface area (Å²) in [6.07, 6.45) is -4.45. The predicted molar refractivity (Wildman–Crippen MR) is 92.4 cm³/mol. The fraction of sp³-hybridized carbons (Fsp3) is 0.100. The molecule has 0 atom stereocenters. The van der Waals surface area contributed by atoms with Crippen molar-refractivity contribution in [1.29, 1.82) is 5.26 Å². The predicted octanol–water partition coefficient (Wildman–Crippen LogP) is 4.91. The number of benzene rings is 2. The molecule has 0 unspecified atom stereocenters. The fourth-order valence-electron chi connectivity index (χ4n) is 2.84. The molecule has 0 saturated heterocycles. The third kappa shape index (κ3) is 3.24. The number of aryl methyl sites for hydroxylation is 1. The van der Waals surface area contributed by atoms with Gasteiger partial charge < -0.3 is 4.98 Å². The molecule has 0 aliphatic rings. The quantitative estimate of drug-likeness (QED) is 0.711. The van der Waals surface area contributed by atoms with Crippen LogP contribution in [0.3, 0.4) is 0 Å². The van der Waals surface area contributed by atoms with Crippen molar-refractivity contribution < 1.29 is 13.2 Å². The van der Waals surface area contributed by atoms with Crippen molar-refractivity contribution in [2.45, 2.75) is 13.1 Å². The molecule has 0 aliphatic carbocycles. The van der Waals surface area contributed by atoms with Gasteiger partial charge in [-0.3, -0.25) is 4.79 Å². The second-order valence-corrected chi connectivity index (χ2v) is 5.80. The molecule has 0 aliphatic heterocycles. The second kappa shape index (κ2) is 6.52. The van der Waals surface area contributed by atoms with Crippen LogP contribution in [0.2, 0.25) is 0 Å². The largest absolute Gasteiger partial charge is 0.417 e. The lowest BCUT2D eigenvalue weighted by Crippen LogP contribution is -2.12. The van der Waals surface area contributed by atoms with Gasteiger partial charge in [-0.1, -0.05) is 42.5 Å². The van der Waals surface area contributed by atoms with Gasteiger partial charge in [0, 0.05) is 11.3 Å². The molecule has 0 spiro atoms. The van der Waals surface area contributed by atoms with E-state index in [-0.39, 0.29) is 11.1 Å². The molecule has 130 valence electrons. The highest BCUT2D eigenvalue weighted by atomic mass is 19.4. The number of halogens is 3. The molecular formula is C20H13F3N2O. The second-order valence-electron chi connectivity index (χ2n) is 5.80. The molecule has 1 heterocycles. The highest BCUT2D eigenvalue weighted by molar-refractivity contribution is 5.75. The van der Waals surface area contributed by atoms with Crippen molar-refractivity contribution in [2.24, 2.45) is 0 Å². The number of hydrogen-bond acceptors (Lipinski definition) is 2. The summed E-state index contributed by atoms with van der Waals surface area (Å²) in [6, 6.07) is 15.2. The number of hydrogen-bond donors (Lipinski definition) is 1. The Hall–Kier alpha value is -3.33. The van der Waals surface area contributed by atoms with Gasteiger partial charge in [-0.2, -0.15) is 18.4 Å². The maximum atomic E-state index is 13.2. The maximum Gasteiger partial charge on any atom is 0.417 e. The van der Waals surface area contributed by atoms with Crippen LogP contribution in [0.15, 0.2) is 59.4 Å². The number of nitrogens with one attached hydrogen (secondary N) is 1. The lowest BCUT2D eigenvalue weighted by Gasteiger charge is -2.13. The average Bonchev–Trinajstić information content (AvgIpc) is 2.60. The molecule has 3 aromatic rings. The Morgan fingerprint density at radius 2 is 1.54 bits per heavy atom. The molecule has 1 aromatic heterocycles. The average molecular weight is 354 g/mol. The maximum absolute atomic E-state index is 13.2. The molecule has 1 N–H and O–H groups in total. The number of H-pyrrole nitrogens is 1. The van der Waals surface area contributed by atoms with E-state index >= 15 is 0 Å². The van der Waals surface area contributed by atoms with E-state index in [0.717, 1.165) is 6.07 Å². The number of nitrogens with zero attached hydrogens (tertiary/aromatic N) is 1. The van der Waals surface area contributed by atoms with Crippen LogP contribution in [-0.4, -0.2) is 4.98 Å². The first-order valence-corrected chi connectivity index (χ1v) is 7.72. The molecule has 3 nitrogen and oxygen atoms in total. The van der Waals surface area contributed by atoms with Gasteiger partial charge in [0.1, 0.15) is 11.6 Å². The smallest absolute Gasteiger partial charge is 0.325 e. The number of alkyl halides is 3. The summed E-state index contributed by atoms with van der Waals surface area (Å²) in [6.45, 7) is 1.69. The molecule has 0 bridgehead atoms. The first-order valence-electron chi connectivity index (χ1n) is 7.72. The van der Waals surface area contributed by atoms with E-state index < -0.39 is 17.3 Å². The lowest BCUT2D eigenvalue weighted by atomic mass is 9.95. The molecule has 2 aromatic carbocycles. The monoisotopic (exact) mass is 354 g/mol. The molecule has 3 rings (SSSR count). The number of nitriles is 1. The van der Waals surface area contributed by atoms with E-state index in [9.17, 15) is 23.2 Å². The van der Waals surface area contributed by atoms with Crippen LogP contribution in [0, 0.1) is 18.3 Å². The van der Waals surface area contributed by atoms with Crippen molar-refractivity contribution in [1.82, 2.24) is 4.98 Å². The first kappa shape index (κ1) is 17.5. The standard InChI is InChI=1S/C20H13F3N2O/c1-12-10-16(17(11-24)19(26)25-12)14-8-6-13(7-9-14)15-4-2-3-5-18(15)20(21,22)23/h2-10H,1H3,(H,25,26). The van der Waals surface area contributed by atoms with Crippen molar-refractivity contribution in [3.8, 4) is 28.3 Å². The minimum atomic E-state index is -4.45. The highest BCUT2D eigenvalue weighted by Crippen LogP contribution is 2.37. The van der Waals surface area contributed by atoms with E-state index in [4.69, 9.17) is 0 Å². The Balaban J connectivity index is 2.10. The summed E-state index contributed by atoms with van der Waals surface area (Å²) in [7, 11) is 0. The summed E-state index contributed by atoms with van der Waals surface area (Å²) in [5, 5.41) is 9.21. The van der Waals surface area contributed by atoms with Crippen LogP contribution in [0.25, 0.3) is 22.3 Å². The number of aromatic amines is 1. The summed E-state index contributed by atoms with van der Waals surface area (Å²) in [4.78, 5) is 14.5. The zero-order valence-electron chi connectivity index (χ0n) is 13.7. The topological polar surface area (TPSA) is 56.6 Å². The van der Waals surface area contributed by atoms with Crippen LogP contribution in [-0.2, 0) is 6.18 Å². The lowest BCUT2D eigenvalue weighted by molar-refractivity contribution is -0.137. The third-order valence-electron chi connectivity index (χ3n) is 4.02. The minimum Gasteiger partial charge on any atom is -0.325 e. The molecule has 0 fully saturated rings. The first-order chi connectivity index (χ1) is 12.3. The molecular weight excluding hydrogens is 341 g/mol. The number of pyridine rings is 1. The van der Waals surface area contributed by atoms with Gasteiger partial charge in [0.05, 0.1) is 5.56 Å². The van der Waals surface area contributed by atoms with E-state index in [0.29, 0.717) is 22.4 Å². The Morgan fingerprint density at radius 3 is 2.12 bits per heavy atom. The van der Waals surface area contributed by atoms with E-state index in [1.807, 2.05) is 6.07 Å². The van der Waals surface area contributed by atoms with Gasteiger partial charge in [0.2, 0.25) is 0 Å². The summed E-state index contributed by atoms with van der Waals surface area (Å²) in [5.41, 5.74) is 0.880. The molecule has 0 saturated carbocycles. The van der Waals surface area contributed by atoms with Gasteiger partial charge in [-0.15, -0.1) is 0 Å². The van der Waals surface area contributed by atoms with Crippen molar-refractivity contribution in [2.75, 3.05) is 0 Å².